The summed E-state index contributed by atoms with van der Waals surface area (Å²) >= 11 is 0. The first-order valence-electron chi connectivity index (χ1n) is 13.1. The van der Waals surface area contributed by atoms with Crippen molar-refractivity contribution < 1.29 is 13.2 Å². The zero-order valence-corrected chi connectivity index (χ0v) is 23.8. The summed E-state index contributed by atoms with van der Waals surface area (Å²) in [6, 6.07) is 12.7. The largest absolute Gasteiger partial charge is 0.492 e. The average molecular weight is 555 g/mol. The minimum absolute atomic E-state index is 0.108. The third kappa shape index (κ3) is 7.28. The molecule has 0 amide bonds. The van der Waals surface area contributed by atoms with E-state index in [9.17, 15) is 8.42 Å². The first-order chi connectivity index (χ1) is 18.7. The molecule has 0 aliphatic carbocycles. The maximum Gasteiger partial charge on any atom is 0.242 e. The van der Waals surface area contributed by atoms with E-state index in [1.54, 1.807) is 18.2 Å². The number of hydrogen-bond donors (Lipinski definition) is 4. The Bertz CT molecular complexity index is 1380. The molecule has 0 saturated carbocycles. The van der Waals surface area contributed by atoms with E-state index in [2.05, 4.69) is 48.2 Å². The third-order valence-corrected chi connectivity index (χ3v) is 7.79. The molecule has 1 aromatic heterocycles. The number of nitrogen functional groups attached to an aromatic ring is 1. The molecule has 4 rings (SSSR count). The lowest BCUT2D eigenvalue weighted by molar-refractivity contribution is 0.312. The molecule has 39 heavy (non-hydrogen) atoms. The highest BCUT2D eigenvalue weighted by molar-refractivity contribution is 7.89. The van der Waals surface area contributed by atoms with Gasteiger partial charge in [-0.2, -0.15) is 4.98 Å². The van der Waals surface area contributed by atoms with E-state index in [-0.39, 0.29) is 22.3 Å². The summed E-state index contributed by atoms with van der Waals surface area (Å²) in [4.78, 5) is 13.6. The van der Waals surface area contributed by atoms with Crippen LogP contribution in [0.15, 0.2) is 53.6 Å². The van der Waals surface area contributed by atoms with Gasteiger partial charge < -0.3 is 30.9 Å². The van der Waals surface area contributed by atoms with Crippen LogP contribution < -0.4 is 30.7 Å². The maximum absolute atomic E-state index is 13.0. The number of likely N-dealkylation sites (N-methyl/N-ethyl adjacent to an activating group) is 1. The van der Waals surface area contributed by atoms with Crippen LogP contribution in [0.25, 0.3) is 0 Å². The van der Waals surface area contributed by atoms with Crippen LogP contribution in [0.2, 0.25) is 0 Å². The fraction of sp³-hybridized carbons (Fsp3) is 0.407. The van der Waals surface area contributed by atoms with Gasteiger partial charge in [0.1, 0.15) is 10.6 Å². The Morgan fingerprint density at radius 2 is 1.79 bits per heavy atom. The number of benzene rings is 2. The van der Waals surface area contributed by atoms with E-state index in [0.29, 0.717) is 36.2 Å². The first kappa shape index (κ1) is 28.4. The molecule has 1 aliphatic heterocycles. The average Bonchev–Trinajstić information content (AvgIpc) is 2.91. The topological polar surface area (TPSA) is 138 Å². The van der Waals surface area contributed by atoms with Gasteiger partial charge in [0.15, 0.2) is 5.82 Å². The van der Waals surface area contributed by atoms with E-state index in [4.69, 9.17) is 10.5 Å². The summed E-state index contributed by atoms with van der Waals surface area (Å²) in [6.45, 7) is 10.6. The van der Waals surface area contributed by atoms with Crippen molar-refractivity contribution in [2.75, 3.05) is 67.6 Å². The number of piperazine rings is 1. The number of nitrogens with one attached hydrogen (secondary N) is 3. The number of nitrogens with zero attached hydrogens (tertiary/aromatic N) is 4. The SMILES string of the molecule is CCOc1cc(N2CCN(C)CC2)ccc1Nc1ncc(N)c(Nc2ccccc2S(=O)(=O)NCC(C)C)n1. The molecule has 1 aliphatic rings. The van der Waals surface area contributed by atoms with E-state index < -0.39 is 10.0 Å². The van der Waals surface area contributed by atoms with Crippen LogP contribution in [0.1, 0.15) is 20.8 Å². The van der Waals surface area contributed by atoms with Gasteiger partial charge in [0.2, 0.25) is 16.0 Å². The van der Waals surface area contributed by atoms with Crippen molar-refractivity contribution in [1.29, 1.82) is 0 Å². The maximum atomic E-state index is 13.0. The molecule has 0 atom stereocenters. The molecule has 11 nitrogen and oxygen atoms in total. The minimum Gasteiger partial charge on any atom is -0.492 e. The van der Waals surface area contributed by atoms with Gasteiger partial charge in [-0.25, -0.2) is 18.1 Å². The molecular formula is C27H38N8O3S. The van der Waals surface area contributed by atoms with Gasteiger partial charge in [-0.05, 0) is 44.2 Å². The molecule has 1 fully saturated rings. The van der Waals surface area contributed by atoms with Crippen molar-refractivity contribution in [3.63, 3.8) is 0 Å². The Labute approximate surface area is 230 Å². The molecule has 2 aromatic carbocycles. The predicted molar refractivity (Wildman–Crippen MR) is 157 cm³/mol. The number of para-hydroxylation sites is 1. The Morgan fingerprint density at radius 1 is 1.05 bits per heavy atom. The highest BCUT2D eigenvalue weighted by Crippen LogP contribution is 2.33. The van der Waals surface area contributed by atoms with Crippen LogP contribution in [0.4, 0.5) is 34.5 Å². The van der Waals surface area contributed by atoms with Crippen molar-refractivity contribution in [1.82, 2.24) is 19.6 Å². The Morgan fingerprint density at radius 3 is 2.51 bits per heavy atom. The zero-order valence-electron chi connectivity index (χ0n) is 22.9. The zero-order chi connectivity index (χ0) is 28.0. The molecule has 210 valence electrons. The number of rotatable bonds is 11. The fourth-order valence-corrected chi connectivity index (χ4v) is 5.48. The van der Waals surface area contributed by atoms with Crippen molar-refractivity contribution in [2.24, 2.45) is 5.92 Å². The summed E-state index contributed by atoms with van der Waals surface area (Å²) in [5.74, 6) is 1.43. The molecular weight excluding hydrogens is 516 g/mol. The third-order valence-electron chi connectivity index (χ3n) is 6.31. The molecule has 0 unspecified atom stereocenters. The molecule has 2 heterocycles. The van der Waals surface area contributed by atoms with Crippen LogP contribution >= 0.6 is 0 Å². The van der Waals surface area contributed by atoms with E-state index in [0.717, 1.165) is 31.9 Å². The minimum atomic E-state index is -3.74. The monoisotopic (exact) mass is 554 g/mol. The van der Waals surface area contributed by atoms with Gasteiger partial charge in [-0.15, -0.1) is 0 Å². The number of ether oxygens (including phenoxy) is 1. The number of hydrogen-bond acceptors (Lipinski definition) is 10. The summed E-state index contributed by atoms with van der Waals surface area (Å²) in [5, 5.41) is 6.30. The van der Waals surface area contributed by atoms with Gasteiger partial charge >= 0.3 is 0 Å². The van der Waals surface area contributed by atoms with Gasteiger partial charge in [-0.1, -0.05) is 26.0 Å². The van der Waals surface area contributed by atoms with Crippen molar-refractivity contribution >= 4 is 44.5 Å². The molecule has 0 bridgehead atoms. The highest BCUT2D eigenvalue weighted by atomic mass is 32.2. The van der Waals surface area contributed by atoms with Crippen molar-refractivity contribution in [2.45, 2.75) is 25.7 Å². The van der Waals surface area contributed by atoms with Crippen molar-refractivity contribution in [3.05, 3.63) is 48.7 Å². The second-order valence-electron chi connectivity index (χ2n) is 9.89. The molecule has 5 N–H and O–H groups in total. The van der Waals surface area contributed by atoms with Gasteiger partial charge in [0, 0.05) is 44.5 Å². The predicted octanol–water partition coefficient (Wildman–Crippen LogP) is 3.63. The van der Waals surface area contributed by atoms with Gasteiger partial charge in [0.05, 0.1) is 29.9 Å². The van der Waals surface area contributed by atoms with E-state index >= 15 is 0 Å². The fourth-order valence-electron chi connectivity index (χ4n) is 4.11. The second-order valence-corrected chi connectivity index (χ2v) is 11.6. The Kier molecular flexibility index (Phi) is 9.10. The second kappa shape index (κ2) is 12.5. The normalized spacial score (nSPS) is 14.4. The summed E-state index contributed by atoms with van der Waals surface area (Å²) in [6.07, 6.45) is 1.48. The van der Waals surface area contributed by atoms with Crippen LogP contribution in [0.3, 0.4) is 0 Å². The van der Waals surface area contributed by atoms with Crippen LogP contribution in [-0.2, 0) is 10.0 Å². The van der Waals surface area contributed by atoms with Crippen LogP contribution in [0.5, 0.6) is 5.75 Å². The lowest BCUT2D eigenvalue weighted by Gasteiger charge is -2.34. The summed E-state index contributed by atoms with van der Waals surface area (Å²) in [7, 11) is -1.61. The van der Waals surface area contributed by atoms with Gasteiger partial charge in [-0.3, -0.25) is 0 Å². The molecule has 0 radical (unpaired) electrons. The Balaban J connectivity index is 1.57. The number of sulfonamides is 1. The van der Waals surface area contributed by atoms with Gasteiger partial charge in [0.25, 0.3) is 0 Å². The van der Waals surface area contributed by atoms with Crippen LogP contribution in [0, 0.1) is 5.92 Å². The van der Waals surface area contributed by atoms with E-state index in [1.807, 2.05) is 32.9 Å². The highest BCUT2D eigenvalue weighted by Gasteiger charge is 2.20. The molecule has 0 spiro atoms. The quantitative estimate of drug-likeness (QED) is 0.278. The molecule has 1 saturated heterocycles. The van der Waals surface area contributed by atoms with E-state index in [1.165, 1.54) is 12.3 Å². The summed E-state index contributed by atoms with van der Waals surface area (Å²) in [5.41, 5.74) is 8.61. The lowest BCUT2D eigenvalue weighted by Crippen LogP contribution is -2.44. The number of aromatic nitrogens is 2. The van der Waals surface area contributed by atoms with Crippen LogP contribution in [-0.4, -0.2) is 69.7 Å². The number of anilines is 6. The Hall–Kier alpha value is -3.61. The lowest BCUT2D eigenvalue weighted by atomic mass is 10.2. The molecule has 3 aromatic rings. The molecule has 12 heteroatoms. The summed E-state index contributed by atoms with van der Waals surface area (Å²) < 4.78 is 34.5. The standard InChI is InChI=1S/C27H38N8O3S/c1-5-38-24-16-20(35-14-12-34(4)13-15-35)10-11-22(24)32-27-29-18-21(28)26(33-27)31-23-8-6-7-9-25(23)39(36,37)30-17-19(2)3/h6-11,16,18-19,30H,5,12-15,17,28H2,1-4H3,(H2,29,31,32,33). The number of nitrogens with two attached hydrogens (primary N) is 1. The van der Waals surface area contributed by atoms with Crippen molar-refractivity contribution in [3.8, 4) is 5.75 Å². The first-order valence-corrected chi connectivity index (χ1v) is 14.6. The smallest absolute Gasteiger partial charge is 0.242 e.